The van der Waals surface area contributed by atoms with Crippen molar-refractivity contribution in [1.29, 1.82) is 0 Å². The van der Waals surface area contributed by atoms with Crippen molar-refractivity contribution in [1.82, 2.24) is 10.0 Å². The fraction of sp³-hybridized carbons (Fsp3) is 0.417. The highest BCUT2D eigenvalue weighted by Gasteiger charge is 2.25. The zero-order chi connectivity index (χ0) is 15.3. The van der Waals surface area contributed by atoms with Gasteiger partial charge in [0.1, 0.15) is 10.6 Å². The van der Waals surface area contributed by atoms with Crippen LogP contribution >= 0.6 is 11.6 Å². The number of carbonyl (C=O) groups is 1. The van der Waals surface area contributed by atoms with Gasteiger partial charge in [0.25, 0.3) is 0 Å². The molecule has 0 saturated heterocycles. The lowest BCUT2D eigenvalue weighted by Gasteiger charge is -2.15. The second-order valence-electron chi connectivity index (χ2n) is 3.98. The smallest absolute Gasteiger partial charge is 0.245 e. The van der Waals surface area contributed by atoms with E-state index in [-0.39, 0.29) is 15.7 Å². The summed E-state index contributed by atoms with van der Waals surface area (Å²) >= 11 is 5.82. The van der Waals surface area contributed by atoms with E-state index in [4.69, 9.17) is 16.3 Å². The summed E-state index contributed by atoms with van der Waals surface area (Å²) < 4.78 is 32.1. The molecule has 2 N–H and O–H groups in total. The molecular weight excluding hydrogens is 304 g/mol. The maximum absolute atomic E-state index is 12.3. The molecule has 1 aromatic carbocycles. The topological polar surface area (TPSA) is 84.5 Å². The second kappa shape index (κ2) is 6.92. The van der Waals surface area contributed by atoms with E-state index >= 15 is 0 Å². The van der Waals surface area contributed by atoms with Crippen LogP contribution in [0.1, 0.15) is 13.8 Å². The SMILES string of the molecule is CCOc1ccc(Cl)cc1S(=O)(=O)NC(C)C(=O)NC. The molecule has 0 heterocycles. The molecule has 0 radical (unpaired) electrons. The Balaban J connectivity index is 3.14. The second-order valence-corrected chi connectivity index (χ2v) is 6.10. The predicted molar refractivity (Wildman–Crippen MR) is 76.5 cm³/mol. The van der Waals surface area contributed by atoms with Gasteiger partial charge in [-0.1, -0.05) is 11.6 Å². The maximum Gasteiger partial charge on any atom is 0.245 e. The molecule has 20 heavy (non-hydrogen) atoms. The van der Waals surface area contributed by atoms with Gasteiger partial charge in [-0.2, -0.15) is 4.72 Å². The standard InChI is InChI=1S/C12H17ClN2O4S/c1-4-19-10-6-5-9(13)7-11(10)20(17,18)15-8(2)12(16)14-3/h5-8,15H,4H2,1-3H3,(H,14,16). The highest BCUT2D eigenvalue weighted by atomic mass is 35.5. The predicted octanol–water partition coefficient (Wildman–Crippen LogP) is 1.15. The lowest BCUT2D eigenvalue weighted by atomic mass is 10.3. The summed E-state index contributed by atoms with van der Waals surface area (Å²) in [7, 11) is -2.48. The monoisotopic (exact) mass is 320 g/mol. The van der Waals surface area contributed by atoms with Crippen LogP contribution < -0.4 is 14.8 Å². The van der Waals surface area contributed by atoms with E-state index < -0.39 is 22.0 Å². The average Bonchev–Trinajstić information content (AvgIpc) is 2.39. The summed E-state index contributed by atoms with van der Waals surface area (Å²) in [6.07, 6.45) is 0. The van der Waals surface area contributed by atoms with Crippen molar-refractivity contribution in [3.63, 3.8) is 0 Å². The third kappa shape index (κ3) is 4.09. The Hall–Kier alpha value is -1.31. The lowest BCUT2D eigenvalue weighted by Crippen LogP contribution is -2.43. The van der Waals surface area contributed by atoms with E-state index in [1.807, 2.05) is 0 Å². The van der Waals surface area contributed by atoms with Crippen LogP contribution in [-0.4, -0.2) is 34.0 Å². The van der Waals surface area contributed by atoms with E-state index in [2.05, 4.69) is 10.0 Å². The van der Waals surface area contributed by atoms with Gasteiger partial charge in [0.05, 0.1) is 12.6 Å². The highest BCUT2D eigenvalue weighted by molar-refractivity contribution is 7.89. The summed E-state index contributed by atoms with van der Waals surface area (Å²) in [5.74, 6) is -0.248. The minimum atomic E-state index is -3.91. The largest absolute Gasteiger partial charge is 0.492 e. The average molecular weight is 321 g/mol. The summed E-state index contributed by atoms with van der Waals surface area (Å²) in [4.78, 5) is 11.3. The van der Waals surface area contributed by atoms with Crippen LogP contribution in [0.15, 0.2) is 23.1 Å². The van der Waals surface area contributed by atoms with Crippen LogP contribution in [0.25, 0.3) is 0 Å². The number of likely N-dealkylation sites (N-methyl/N-ethyl adjacent to an activating group) is 1. The van der Waals surface area contributed by atoms with E-state index in [0.717, 1.165) is 0 Å². The molecule has 0 aliphatic carbocycles. The molecule has 0 aromatic heterocycles. The van der Waals surface area contributed by atoms with Crippen molar-refractivity contribution in [2.24, 2.45) is 0 Å². The molecule has 0 saturated carbocycles. The van der Waals surface area contributed by atoms with Gasteiger partial charge in [0.15, 0.2) is 0 Å². The van der Waals surface area contributed by atoms with Crippen LogP contribution in [0, 0.1) is 0 Å². The number of amides is 1. The molecule has 112 valence electrons. The molecule has 1 rings (SSSR count). The summed E-state index contributed by atoms with van der Waals surface area (Å²) in [5.41, 5.74) is 0. The van der Waals surface area contributed by atoms with E-state index in [1.165, 1.54) is 32.2 Å². The first kappa shape index (κ1) is 16.7. The highest BCUT2D eigenvalue weighted by Crippen LogP contribution is 2.27. The number of hydrogen-bond acceptors (Lipinski definition) is 4. The van der Waals surface area contributed by atoms with Gasteiger partial charge >= 0.3 is 0 Å². The van der Waals surface area contributed by atoms with Gasteiger partial charge in [-0.15, -0.1) is 0 Å². The Kier molecular flexibility index (Phi) is 5.79. The third-order valence-electron chi connectivity index (χ3n) is 2.47. The van der Waals surface area contributed by atoms with Crippen LogP contribution in [0.2, 0.25) is 5.02 Å². The first-order valence-electron chi connectivity index (χ1n) is 5.98. The van der Waals surface area contributed by atoms with Crippen LogP contribution in [-0.2, 0) is 14.8 Å². The fourth-order valence-electron chi connectivity index (χ4n) is 1.53. The fourth-order valence-corrected chi connectivity index (χ4v) is 3.14. The first-order chi connectivity index (χ1) is 9.31. The van der Waals surface area contributed by atoms with Crippen molar-refractivity contribution < 1.29 is 17.9 Å². The molecule has 8 heteroatoms. The molecule has 1 unspecified atom stereocenters. The first-order valence-corrected chi connectivity index (χ1v) is 7.84. The zero-order valence-corrected chi connectivity index (χ0v) is 13.0. The molecule has 6 nitrogen and oxygen atoms in total. The maximum atomic E-state index is 12.3. The van der Waals surface area contributed by atoms with Crippen LogP contribution in [0.3, 0.4) is 0 Å². The molecule has 0 aliphatic heterocycles. The molecule has 0 spiro atoms. The van der Waals surface area contributed by atoms with E-state index in [9.17, 15) is 13.2 Å². The van der Waals surface area contributed by atoms with Gasteiger partial charge in [0.2, 0.25) is 15.9 Å². The Morgan fingerprint density at radius 3 is 2.65 bits per heavy atom. The number of ether oxygens (including phenoxy) is 1. The van der Waals surface area contributed by atoms with Crippen LogP contribution in [0.4, 0.5) is 0 Å². The molecule has 1 amide bonds. The number of halogens is 1. The molecule has 0 bridgehead atoms. The number of nitrogens with one attached hydrogen (secondary N) is 2. The third-order valence-corrected chi connectivity index (χ3v) is 4.26. The van der Waals surface area contributed by atoms with Gasteiger partial charge in [-0.3, -0.25) is 4.79 Å². The van der Waals surface area contributed by atoms with Crippen molar-refractivity contribution in [2.45, 2.75) is 24.8 Å². The number of hydrogen-bond donors (Lipinski definition) is 2. The Bertz CT molecular complexity index is 589. The number of benzene rings is 1. The molecule has 0 fully saturated rings. The molecule has 0 aliphatic rings. The van der Waals surface area contributed by atoms with Crippen molar-refractivity contribution in [3.05, 3.63) is 23.2 Å². The van der Waals surface area contributed by atoms with Gasteiger partial charge < -0.3 is 10.1 Å². The number of rotatable bonds is 6. The van der Waals surface area contributed by atoms with E-state index in [1.54, 1.807) is 6.92 Å². The minimum absolute atomic E-state index is 0.0948. The van der Waals surface area contributed by atoms with Gasteiger partial charge in [0, 0.05) is 12.1 Å². The van der Waals surface area contributed by atoms with Gasteiger partial charge in [-0.25, -0.2) is 8.42 Å². The quantitative estimate of drug-likeness (QED) is 0.823. The van der Waals surface area contributed by atoms with Crippen LogP contribution in [0.5, 0.6) is 5.75 Å². The number of carbonyl (C=O) groups excluding carboxylic acids is 1. The lowest BCUT2D eigenvalue weighted by molar-refractivity contribution is -0.121. The van der Waals surface area contributed by atoms with E-state index in [0.29, 0.717) is 6.61 Å². The van der Waals surface area contributed by atoms with Crippen molar-refractivity contribution in [3.8, 4) is 5.75 Å². The summed E-state index contributed by atoms with van der Waals surface area (Å²) in [5, 5.41) is 2.63. The van der Waals surface area contributed by atoms with Crippen molar-refractivity contribution in [2.75, 3.05) is 13.7 Å². The number of sulfonamides is 1. The Labute approximate surface area is 123 Å². The van der Waals surface area contributed by atoms with Gasteiger partial charge in [-0.05, 0) is 32.0 Å². The Morgan fingerprint density at radius 1 is 1.45 bits per heavy atom. The molecule has 1 atom stereocenters. The van der Waals surface area contributed by atoms with Crippen molar-refractivity contribution >= 4 is 27.5 Å². The molecule has 1 aromatic rings. The zero-order valence-electron chi connectivity index (χ0n) is 11.4. The Morgan fingerprint density at radius 2 is 2.10 bits per heavy atom. The summed E-state index contributed by atoms with van der Waals surface area (Å²) in [6, 6.07) is 3.39. The molecular formula is C12H17ClN2O4S. The minimum Gasteiger partial charge on any atom is -0.492 e. The summed E-state index contributed by atoms with van der Waals surface area (Å²) in [6.45, 7) is 3.50. The normalized spacial score (nSPS) is 12.8.